The maximum atomic E-state index is 5.65. The molecule has 3 rings (SSSR count). The Kier molecular flexibility index (Phi) is 3.41. The van der Waals surface area contributed by atoms with Gasteiger partial charge >= 0.3 is 0 Å². The van der Waals surface area contributed by atoms with Gasteiger partial charge < -0.3 is 0 Å². The highest BCUT2D eigenvalue weighted by atomic mass is 32.1. The number of benzene rings is 1. The number of para-hydroxylation sites is 1. The minimum atomic E-state index is -0.0648. The number of nitrogens with two attached hydrogens (primary N) is 1. The fourth-order valence-electron chi connectivity index (χ4n) is 1.99. The van der Waals surface area contributed by atoms with Gasteiger partial charge in [-0.1, -0.05) is 24.3 Å². The summed E-state index contributed by atoms with van der Waals surface area (Å²) < 4.78 is 1.85. The van der Waals surface area contributed by atoms with Gasteiger partial charge in [0.05, 0.1) is 17.4 Å². The number of hydrazine groups is 1. The highest BCUT2D eigenvalue weighted by Crippen LogP contribution is 2.24. The SMILES string of the molecule is NNC(c1ccn(-c2ccccc2)n1)c1cccs1. The summed E-state index contributed by atoms with van der Waals surface area (Å²) in [5, 5.41) is 6.62. The van der Waals surface area contributed by atoms with Crippen LogP contribution in [0.5, 0.6) is 0 Å². The predicted molar refractivity (Wildman–Crippen MR) is 77.0 cm³/mol. The predicted octanol–water partition coefficient (Wildman–Crippen LogP) is 2.49. The van der Waals surface area contributed by atoms with E-state index < -0.39 is 0 Å². The lowest BCUT2D eigenvalue weighted by atomic mass is 10.2. The van der Waals surface area contributed by atoms with E-state index in [1.807, 2.05) is 58.7 Å². The first kappa shape index (κ1) is 12.1. The molecule has 96 valence electrons. The van der Waals surface area contributed by atoms with Crippen molar-refractivity contribution in [1.82, 2.24) is 15.2 Å². The second-order valence-corrected chi connectivity index (χ2v) is 5.12. The second-order valence-electron chi connectivity index (χ2n) is 4.14. The third kappa shape index (κ3) is 2.44. The van der Waals surface area contributed by atoms with Crippen LogP contribution in [-0.4, -0.2) is 9.78 Å². The molecule has 3 aromatic rings. The van der Waals surface area contributed by atoms with E-state index >= 15 is 0 Å². The van der Waals surface area contributed by atoms with Crippen molar-refractivity contribution < 1.29 is 0 Å². The highest BCUT2D eigenvalue weighted by Gasteiger charge is 2.16. The first-order chi connectivity index (χ1) is 9.38. The number of hydrogen-bond donors (Lipinski definition) is 2. The van der Waals surface area contributed by atoms with Gasteiger partial charge in [0.25, 0.3) is 0 Å². The van der Waals surface area contributed by atoms with Crippen LogP contribution in [-0.2, 0) is 0 Å². The molecule has 5 heteroatoms. The molecule has 19 heavy (non-hydrogen) atoms. The fraction of sp³-hybridized carbons (Fsp3) is 0.0714. The van der Waals surface area contributed by atoms with Gasteiger partial charge in [0, 0.05) is 11.1 Å². The molecule has 0 radical (unpaired) electrons. The summed E-state index contributed by atoms with van der Waals surface area (Å²) >= 11 is 1.66. The van der Waals surface area contributed by atoms with Gasteiger partial charge in [-0.2, -0.15) is 5.10 Å². The Morgan fingerprint density at radius 3 is 2.63 bits per heavy atom. The Morgan fingerprint density at radius 1 is 1.11 bits per heavy atom. The van der Waals surface area contributed by atoms with Crippen molar-refractivity contribution in [2.24, 2.45) is 5.84 Å². The topological polar surface area (TPSA) is 55.9 Å². The van der Waals surface area contributed by atoms with Crippen LogP contribution in [0, 0.1) is 0 Å². The highest BCUT2D eigenvalue weighted by molar-refractivity contribution is 7.10. The maximum absolute atomic E-state index is 5.65. The monoisotopic (exact) mass is 270 g/mol. The van der Waals surface area contributed by atoms with E-state index in [0.717, 1.165) is 16.3 Å². The van der Waals surface area contributed by atoms with Crippen LogP contribution < -0.4 is 11.3 Å². The molecule has 1 atom stereocenters. The van der Waals surface area contributed by atoms with Gasteiger partial charge in [0.1, 0.15) is 0 Å². The van der Waals surface area contributed by atoms with Crippen molar-refractivity contribution in [3.05, 3.63) is 70.7 Å². The fourth-order valence-corrected chi connectivity index (χ4v) is 2.78. The number of hydrogen-bond acceptors (Lipinski definition) is 4. The molecule has 0 bridgehead atoms. The van der Waals surface area contributed by atoms with Gasteiger partial charge in [-0.05, 0) is 29.6 Å². The molecule has 0 aliphatic heterocycles. The average molecular weight is 270 g/mol. The van der Waals surface area contributed by atoms with Crippen LogP contribution in [0.1, 0.15) is 16.6 Å². The lowest BCUT2D eigenvalue weighted by Gasteiger charge is -2.11. The smallest absolute Gasteiger partial charge is 0.0991 e. The van der Waals surface area contributed by atoms with Gasteiger partial charge in [-0.15, -0.1) is 11.3 Å². The van der Waals surface area contributed by atoms with Crippen LogP contribution in [0.2, 0.25) is 0 Å². The summed E-state index contributed by atoms with van der Waals surface area (Å²) in [6.07, 6.45) is 1.95. The average Bonchev–Trinajstić information content (AvgIpc) is 3.12. The molecule has 3 N–H and O–H groups in total. The molecular weight excluding hydrogens is 256 g/mol. The van der Waals surface area contributed by atoms with E-state index in [-0.39, 0.29) is 6.04 Å². The van der Waals surface area contributed by atoms with Crippen molar-refractivity contribution in [3.8, 4) is 5.69 Å². The summed E-state index contributed by atoms with van der Waals surface area (Å²) in [7, 11) is 0. The number of nitrogens with one attached hydrogen (secondary N) is 1. The van der Waals surface area contributed by atoms with Gasteiger partial charge in [-0.3, -0.25) is 5.84 Å². The molecule has 1 unspecified atom stereocenters. The van der Waals surface area contributed by atoms with Crippen LogP contribution in [0.4, 0.5) is 0 Å². The molecule has 4 nitrogen and oxygen atoms in total. The van der Waals surface area contributed by atoms with Crippen molar-refractivity contribution >= 4 is 11.3 Å². The van der Waals surface area contributed by atoms with E-state index in [1.165, 1.54) is 0 Å². The molecule has 0 saturated heterocycles. The number of rotatable bonds is 4. The van der Waals surface area contributed by atoms with Crippen molar-refractivity contribution in [2.75, 3.05) is 0 Å². The molecule has 0 aliphatic rings. The molecule has 0 amide bonds. The Labute approximate surface area is 115 Å². The van der Waals surface area contributed by atoms with Crippen LogP contribution in [0.25, 0.3) is 5.69 Å². The van der Waals surface area contributed by atoms with Crippen molar-refractivity contribution in [3.63, 3.8) is 0 Å². The van der Waals surface area contributed by atoms with Crippen LogP contribution in [0.15, 0.2) is 60.1 Å². The van der Waals surface area contributed by atoms with Crippen LogP contribution >= 0.6 is 11.3 Å². The summed E-state index contributed by atoms with van der Waals surface area (Å²) in [6.45, 7) is 0. The third-order valence-corrected chi connectivity index (χ3v) is 3.86. The third-order valence-electron chi connectivity index (χ3n) is 2.92. The van der Waals surface area contributed by atoms with Gasteiger partial charge in [0.2, 0.25) is 0 Å². The Bertz CT molecular complexity index is 631. The zero-order valence-corrected chi connectivity index (χ0v) is 11.0. The molecule has 0 fully saturated rings. The van der Waals surface area contributed by atoms with Gasteiger partial charge in [0.15, 0.2) is 0 Å². The lowest BCUT2D eigenvalue weighted by Crippen LogP contribution is -2.28. The number of nitrogens with zero attached hydrogens (tertiary/aromatic N) is 2. The summed E-state index contributed by atoms with van der Waals surface area (Å²) in [4.78, 5) is 1.15. The second kappa shape index (κ2) is 5.36. The van der Waals surface area contributed by atoms with E-state index in [2.05, 4.69) is 16.6 Å². The Hall–Kier alpha value is -1.95. The first-order valence-electron chi connectivity index (χ1n) is 5.99. The van der Waals surface area contributed by atoms with Crippen LogP contribution in [0.3, 0.4) is 0 Å². The summed E-state index contributed by atoms with van der Waals surface area (Å²) in [5.41, 5.74) is 4.77. The number of thiophene rings is 1. The Balaban J connectivity index is 1.93. The lowest BCUT2D eigenvalue weighted by molar-refractivity contribution is 0.621. The minimum absolute atomic E-state index is 0.0648. The maximum Gasteiger partial charge on any atom is 0.0991 e. The molecule has 2 heterocycles. The summed E-state index contributed by atoms with van der Waals surface area (Å²) in [5.74, 6) is 5.65. The first-order valence-corrected chi connectivity index (χ1v) is 6.87. The van der Waals surface area contributed by atoms with E-state index in [1.54, 1.807) is 11.3 Å². The van der Waals surface area contributed by atoms with Crippen molar-refractivity contribution in [1.29, 1.82) is 0 Å². The normalized spacial score (nSPS) is 12.5. The zero-order valence-electron chi connectivity index (χ0n) is 10.2. The molecular formula is C14H14N4S. The molecule has 0 saturated carbocycles. The quantitative estimate of drug-likeness (QED) is 0.565. The largest absolute Gasteiger partial charge is 0.270 e. The Morgan fingerprint density at radius 2 is 1.95 bits per heavy atom. The molecule has 1 aromatic carbocycles. The number of aromatic nitrogens is 2. The van der Waals surface area contributed by atoms with E-state index in [0.29, 0.717) is 0 Å². The zero-order chi connectivity index (χ0) is 13.1. The molecule has 0 spiro atoms. The van der Waals surface area contributed by atoms with Crippen molar-refractivity contribution in [2.45, 2.75) is 6.04 Å². The molecule has 0 aliphatic carbocycles. The minimum Gasteiger partial charge on any atom is -0.270 e. The van der Waals surface area contributed by atoms with E-state index in [9.17, 15) is 0 Å². The van der Waals surface area contributed by atoms with Gasteiger partial charge in [-0.25, -0.2) is 10.1 Å². The molecule has 2 aromatic heterocycles. The summed E-state index contributed by atoms with van der Waals surface area (Å²) in [6, 6.07) is 16.0. The van der Waals surface area contributed by atoms with E-state index in [4.69, 9.17) is 5.84 Å². The standard InChI is InChI=1S/C14H14N4S/c15-16-14(13-7-4-10-19-13)12-8-9-18(17-12)11-5-2-1-3-6-11/h1-10,14,16H,15H2.